The molecule has 0 unspecified atom stereocenters. The number of nitrogens with zero attached hydrogens (tertiary/aromatic N) is 1. The molecule has 3 rings (SSSR count). The summed E-state index contributed by atoms with van der Waals surface area (Å²) in [6.45, 7) is 3.77. The maximum Gasteiger partial charge on any atom is 0.326 e. The molecular weight excluding hydrogens is 438 g/mol. The third-order valence-electron chi connectivity index (χ3n) is 6.11. The Morgan fingerprint density at radius 1 is 1.09 bits per heavy atom. The molecule has 0 aliphatic heterocycles. The highest BCUT2D eigenvalue weighted by Gasteiger charge is 2.44. The molecule has 7 nitrogen and oxygen atoms in total. The average molecular weight is 470 g/mol. The van der Waals surface area contributed by atoms with Crippen molar-refractivity contribution < 1.29 is 19.5 Å². The molecule has 0 bridgehead atoms. The van der Waals surface area contributed by atoms with Gasteiger partial charge in [-0.1, -0.05) is 57.0 Å². The fourth-order valence-corrected chi connectivity index (χ4v) is 4.14. The first-order chi connectivity index (χ1) is 15.7. The normalized spacial score (nSPS) is 16.7. The number of nitrogens with one attached hydrogen (secondary N) is 2. The second kappa shape index (κ2) is 10.8. The summed E-state index contributed by atoms with van der Waals surface area (Å²) in [7, 11) is 0. The van der Waals surface area contributed by atoms with Crippen molar-refractivity contribution in [3.63, 3.8) is 0 Å². The number of aliphatic carboxylic acids is 1. The predicted octanol–water partition coefficient (Wildman–Crippen LogP) is 3.24. The lowest BCUT2D eigenvalue weighted by Gasteiger charge is -2.32. The van der Waals surface area contributed by atoms with Gasteiger partial charge < -0.3 is 15.7 Å². The largest absolute Gasteiger partial charge is 0.480 e. The summed E-state index contributed by atoms with van der Waals surface area (Å²) < 4.78 is 0. The van der Waals surface area contributed by atoms with Crippen molar-refractivity contribution in [2.45, 2.75) is 62.8 Å². The number of hydrogen-bond donors (Lipinski definition) is 4. The number of amides is 2. The van der Waals surface area contributed by atoms with Gasteiger partial charge in [0.2, 0.25) is 11.8 Å². The van der Waals surface area contributed by atoms with Crippen molar-refractivity contribution >= 4 is 30.4 Å². The van der Waals surface area contributed by atoms with E-state index in [-0.39, 0.29) is 18.2 Å². The number of rotatable bonds is 9. The van der Waals surface area contributed by atoms with Crippen LogP contribution in [0, 0.1) is 5.92 Å². The second-order valence-electron chi connectivity index (χ2n) is 8.95. The number of pyridine rings is 1. The van der Waals surface area contributed by atoms with E-state index in [1.165, 1.54) is 0 Å². The van der Waals surface area contributed by atoms with E-state index in [0.717, 1.165) is 29.7 Å². The minimum atomic E-state index is -1.12. The molecule has 176 valence electrons. The maximum atomic E-state index is 13.2. The average Bonchev–Trinajstić information content (AvgIpc) is 3.28. The van der Waals surface area contributed by atoms with E-state index in [1.807, 2.05) is 56.3 Å². The van der Waals surface area contributed by atoms with Crippen LogP contribution in [0.4, 0.5) is 0 Å². The van der Waals surface area contributed by atoms with Crippen LogP contribution in [0.15, 0.2) is 48.7 Å². The Morgan fingerprint density at radius 3 is 2.30 bits per heavy atom. The molecule has 8 heteroatoms. The van der Waals surface area contributed by atoms with Gasteiger partial charge in [-0.2, -0.15) is 12.6 Å². The number of carboxylic acid groups (broad SMARTS) is 1. The van der Waals surface area contributed by atoms with Crippen LogP contribution in [0.25, 0.3) is 11.3 Å². The molecule has 3 N–H and O–H groups in total. The molecule has 1 aromatic carbocycles. The molecule has 1 saturated carbocycles. The Balaban J connectivity index is 1.71. The summed E-state index contributed by atoms with van der Waals surface area (Å²) in [6, 6.07) is 12.0. The van der Waals surface area contributed by atoms with E-state index >= 15 is 0 Å². The van der Waals surface area contributed by atoms with E-state index in [0.29, 0.717) is 12.8 Å². The molecule has 1 fully saturated rings. The van der Waals surface area contributed by atoms with E-state index in [2.05, 4.69) is 28.2 Å². The maximum absolute atomic E-state index is 13.2. The minimum Gasteiger partial charge on any atom is -0.480 e. The molecular formula is C25H31N3O4S. The quantitative estimate of drug-likeness (QED) is 0.422. The van der Waals surface area contributed by atoms with Crippen molar-refractivity contribution in [1.29, 1.82) is 0 Å². The highest BCUT2D eigenvalue weighted by Crippen LogP contribution is 2.31. The number of hydrogen-bond acceptors (Lipinski definition) is 5. The van der Waals surface area contributed by atoms with Crippen LogP contribution in [-0.4, -0.2) is 44.7 Å². The van der Waals surface area contributed by atoms with Gasteiger partial charge in [0.15, 0.2) is 0 Å². The third kappa shape index (κ3) is 6.13. The second-order valence-corrected chi connectivity index (χ2v) is 9.50. The van der Waals surface area contributed by atoms with Crippen molar-refractivity contribution in [2.24, 2.45) is 5.92 Å². The Hall–Kier alpha value is -2.87. The summed E-state index contributed by atoms with van der Waals surface area (Å²) in [5.74, 6) is -1.86. The van der Waals surface area contributed by atoms with E-state index in [1.54, 1.807) is 6.20 Å². The first-order valence-corrected chi connectivity index (χ1v) is 11.8. The van der Waals surface area contributed by atoms with Gasteiger partial charge in [-0.3, -0.25) is 14.6 Å². The SMILES string of the molecule is CC(C)[C@H](S)C(=O)NC1(C(=O)N[C@H](Cc2ccc(-c3ccccn3)cc2)C(=O)O)CCCC1. The van der Waals surface area contributed by atoms with Gasteiger partial charge in [-0.15, -0.1) is 0 Å². The zero-order valence-corrected chi connectivity index (χ0v) is 19.8. The molecule has 33 heavy (non-hydrogen) atoms. The fraction of sp³-hybridized carbons (Fsp3) is 0.440. The molecule has 2 aromatic rings. The topological polar surface area (TPSA) is 108 Å². The standard InChI is InChI=1S/C25H31N3O4S/c1-16(2)21(33)22(29)28-25(12-4-5-13-25)24(32)27-20(23(30)31)15-17-8-10-18(11-9-17)19-7-3-6-14-26-19/h3,6-11,14,16,20-21,33H,4-5,12-13,15H2,1-2H3,(H,27,32)(H,28,29)(H,30,31)/t20-,21+/m1/s1. The Labute approximate surface area is 199 Å². The van der Waals surface area contributed by atoms with Crippen molar-refractivity contribution in [2.75, 3.05) is 0 Å². The lowest BCUT2D eigenvalue weighted by Crippen LogP contribution is -2.61. The van der Waals surface area contributed by atoms with Crippen LogP contribution in [-0.2, 0) is 20.8 Å². The van der Waals surface area contributed by atoms with Gasteiger partial charge in [-0.25, -0.2) is 4.79 Å². The van der Waals surface area contributed by atoms with Crippen LogP contribution < -0.4 is 10.6 Å². The van der Waals surface area contributed by atoms with E-state index < -0.39 is 28.7 Å². The molecule has 0 spiro atoms. The van der Waals surface area contributed by atoms with Gasteiger partial charge in [0, 0.05) is 18.2 Å². The van der Waals surface area contributed by atoms with Crippen molar-refractivity contribution in [3.8, 4) is 11.3 Å². The fourth-order valence-electron chi connectivity index (χ4n) is 4.08. The number of carbonyl (C=O) groups excluding carboxylic acids is 2. The summed E-state index contributed by atoms with van der Waals surface area (Å²) in [4.78, 5) is 42.1. The molecule has 2 atom stereocenters. The summed E-state index contributed by atoms with van der Waals surface area (Å²) in [5.41, 5.74) is 1.44. The molecule has 1 aliphatic rings. The third-order valence-corrected chi connectivity index (χ3v) is 6.94. The number of carbonyl (C=O) groups is 3. The Bertz CT molecular complexity index is 973. The first-order valence-electron chi connectivity index (χ1n) is 11.3. The van der Waals surface area contributed by atoms with Crippen LogP contribution in [0.3, 0.4) is 0 Å². The lowest BCUT2D eigenvalue weighted by molar-refractivity contribution is -0.143. The Morgan fingerprint density at radius 2 is 1.76 bits per heavy atom. The number of aromatic nitrogens is 1. The summed E-state index contributed by atoms with van der Waals surface area (Å²) in [5, 5.41) is 14.8. The van der Waals surface area contributed by atoms with E-state index in [9.17, 15) is 19.5 Å². The minimum absolute atomic E-state index is 0.00988. The molecule has 1 aromatic heterocycles. The molecule has 0 saturated heterocycles. The van der Waals surface area contributed by atoms with Gasteiger partial charge in [0.25, 0.3) is 0 Å². The number of benzene rings is 1. The lowest BCUT2D eigenvalue weighted by atomic mass is 9.94. The molecule has 1 aliphatic carbocycles. The number of carboxylic acids is 1. The van der Waals surface area contributed by atoms with Crippen molar-refractivity contribution in [3.05, 3.63) is 54.2 Å². The van der Waals surface area contributed by atoms with Gasteiger partial charge in [0.1, 0.15) is 11.6 Å². The Kier molecular flexibility index (Phi) is 8.13. The molecule has 2 amide bonds. The predicted molar refractivity (Wildman–Crippen MR) is 130 cm³/mol. The van der Waals surface area contributed by atoms with Gasteiger partial charge in [0.05, 0.1) is 10.9 Å². The number of thiol groups is 1. The van der Waals surface area contributed by atoms with E-state index in [4.69, 9.17) is 0 Å². The van der Waals surface area contributed by atoms with Crippen molar-refractivity contribution in [1.82, 2.24) is 15.6 Å². The smallest absolute Gasteiger partial charge is 0.326 e. The van der Waals surface area contributed by atoms with Crippen LogP contribution in [0.2, 0.25) is 0 Å². The zero-order chi connectivity index (χ0) is 24.0. The van der Waals surface area contributed by atoms with Crippen LogP contribution >= 0.6 is 12.6 Å². The monoisotopic (exact) mass is 469 g/mol. The highest BCUT2D eigenvalue weighted by molar-refractivity contribution is 7.81. The zero-order valence-electron chi connectivity index (χ0n) is 19.0. The highest BCUT2D eigenvalue weighted by atomic mass is 32.1. The molecule has 0 radical (unpaired) electrons. The van der Waals surface area contributed by atoms with Crippen LogP contribution in [0.5, 0.6) is 0 Å². The van der Waals surface area contributed by atoms with Gasteiger partial charge >= 0.3 is 5.97 Å². The summed E-state index contributed by atoms with van der Waals surface area (Å²) in [6.07, 6.45) is 4.39. The summed E-state index contributed by atoms with van der Waals surface area (Å²) >= 11 is 4.36. The molecule has 1 heterocycles. The first kappa shape index (κ1) is 24.8. The van der Waals surface area contributed by atoms with Crippen LogP contribution in [0.1, 0.15) is 45.1 Å². The van der Waals surface area contributed by atoms with Gasteiger partial charge in [-0.05, 0) is 36.5 Å².